The number of nitrogens with zero attached hydrogens (tertiary/aromatic N) is 4. The highest BCUT2D eigenvalue weighted by Crippen LogP contribution is 2.20. The average Bonchev–Trinajstić information content (AvgIpc) is 2.81. The summed E-state index contributed by atoms with van der Waals surface area (Å²) in [6.45, 7) is 9.07. The van der Waals surface area contributed by atoms with Crippen LogP contribution < -0.4 is 17.0 Å². The monoisotopic (exact) mass is 307 g/mol. The number of rotatable bonds is 5. The number of hydrogen-bond acceptors (Lipinski definition) is 4. The lowest BCUT2D eigenvalue weighted by atomic mass is 10.2. The summed E-state index contributed by atoms with van der Waals surface area (Å²) in [6, 6.07) is -0.0697. The van der Waals surface area contributed by atoms with Crippen molar-refractivity contribution in [3.8, 4) is 0 Å². The first-order valence-electron chi connectivity index (χ1n) is 7.73. The van der Waals surface area contributed by atoms with Crippen LogP contribution in [0, 0.1) is 0 Å². The minimum Gasteiger partial charge on any atom is -0.330 e. The maximum atomic E-state index is 12.6. The van der Waals surface area contributed by atoms with E-state index in [0.717, 1.165) is 16.8 Å². The van der Waals surface area contributed by atoms with Gasteiger partial charge in [-0.25, -0.2) is 9.78 Å². The molecule has 0 fully saturated rings. The van der Waals surface area contributed by atoms with Gasteiger partial charge in [0.05, 0.1) is 0 Å². The topological polar surface area (TPSA) is 87.8 Å². The molecule has 2 rings (SSSR count). The number of aromatic nitrogens is 4. The second-order valence-electron chi connectivity index (χ2n) is 6.20. The van der Waals surface area contributed by atoms with E-state index in [1.165, 1.54) is 7.05 Å². The molecule has 0 bridgehead atoms. The van der Waals surface area contributed by atoms with Gasteiger partial charge in [-0.15, -0.1) is 0 Å². The van der Waals surface area contributed by atoms with E-state index < -0.39 is 0 Å². The molecule has 2 aromatic heterocycles. The highest BCUT2D eigenvalue weighted by Gasteiger charge is 2.22. The predicted octanol–water partition coefficient (Wildman–Crippen LogP) is 0.950. The third kappa shape index (κ3) is 2.49. The van der Waals surface area contributed by atoms with Crippen molar-refractivity contribution in [1.82, 2.24) is 18.7 Å². The Morgan fingerprint density at radius 2 is 1.82 bits per heavy atom. The largest absolute Gasteiger partial charge is 0.332 e. The van der Waals surface area contributed by atoms with Gasteiger partial charge in [0.25, 0.3) is 5.56 Å². The number of fused-ring (bicyclic) bond motifs is 1. The van der Waals surface area contributed by atoms with Crippen molar-refractivity contribution in [2.45, 2.75) is 52.6 Å². The van der Waals surface area contributed by atoms with Gasteiger partial charge < -0.3 is 10.3 Å². The van der Waals surface area contributed by atoms with E-state index in [1.54, 1.807) is 4.57 Å². The lowest BCUT2D eigenvalue weighted by molar-refractivity contribution is 0.550. The van der Waals surface area contributed by atoms with Gasteiger partial charge in [0.15, 0.2) is 11.2 Å². The molecule has 0 aliphatic heterocycles. The fraction of sp³-hybridized carbons (Fsp3) is 0.667. The van der Waals surface area contributed by atoms with Gasteiger partial charge in [-0.1, -0.05) is 13.8 Å². The Kier molecular flexibility index (Phi) is 4.55. The maximum absolute atomic E-state index is 12.6. The quantitative estimate of drug-likeness (QED) is 0.891. The molecular weight excluding hydrogens is 282 g/mol. The van der Waals surface area contributed by atoms with Crippen LogP contribution in [-0.4, -0.2) is 25.2 Å². The molecular formula is C15H25N5O2. The second-order valence-corrected chi connectivity index (χ2v) is 6.20. The van der Waals surface area contributed by atoms with Gasteiger partial charge >= 0.3 is 5.69 Å². The molecule has 0 saturated carbocycles. The van der Waals surface area contributed by atoms with Crippen molar-refractivity contribution >= 4 is 11.2 Å². The average molecular weight is 307 g/mol. The van der Waals surface area contributed by atoms with Crippen LogP contribution in [0.5, 0.6) is 0 Å². The van der Waals surface area contributed by atoms with E-state index in [-0.39, 0.29) is 23.2 Å². The fourth-order valence-electron chi connectivity index (χ4n) is 2.72. The minimum atomic E-state index is -0.328. The fourth-order valence-corrected chi connectivity index (χ4v) is 2.72. The van der Waals surface area contributed by atoms with Crippen molar-refractivity contribution in [3.05, 3.63) is 26.7 Å². The Labute approximate surface area is 129 Å². The zero-order valence-corrected chi connectivity index (χ0v) is 14.0. The van der Waals surface area contributed by atoms with Crippen LogP contribution in [0.15, 0.2) is 9.59 Å². The van der Waals surface area contributed by atoms with Crippen LogP contribution in [0.25, 0.3) is 11.2 Å². The highest BCUT2D eigenvalue weighted by molar-refractivity contribution is 5.71. The van der Waals surface area contributed by atoms with Crippen molar-refractivity contribution in [1.29, 1.82) is 0 Å². The van der Waals surface area contributed by atoms with Crippen LogP contribution >= 0.6 is 0 Å². The first-order chi connectivity index (χ1) is 10.3. The number of nitrogens with two attached hydrogens (primary N) is 1. The molecule has 7 heteroatoms. The zero-order valence-electron chi connectivity index (χ0n) is 14.0. The molecule has 0 aromatic carbocycles. The van der Waals surface area contributed by atoms with E-state index in [4.69, 9.17) is 5.73 Å². The summed E-state index contributed by atoms with van der Waals surface area (Å²) in [5, 5.41) is 0. The summed E-state index contributed by atoms with van der Waals surface area (Å²) in [4.78, 5) is 29.6. The molecule has 0 spiro atoms. The summed E-state index contributed by atoms with van der Waals surface area (Å²) in [7, 11) is 1.51. The Bertz CT molecular complexity index is 795. The van der Waals surface area contributed by atoms with Crippen LogP contribution in [0.1, 0.15) is 51.9 Å². The SMILES string of the molecule is CC(C)c1nc2c(c(=O)n(C)c(=O)n2C(C)C)n1CCCN. The molecule has 0 amide bonds. The third-order valence-electron chi connectivity index (χ3n) is 3.83. The van der Waals surface area contributed by atoms with Crippen molar-refractivity contribution in [3.63, 3.8) is 0 Å². The molecule has 2 aromatic rings. The van der Waals surface area contributed by atoms with Gasteiger partial charge in [-0.2, -0.15) is 0 Å². The molecule has 0 saturated heterocycles. The molecule has 0 radical (unpaired) electrons. The van der Waals surface area contributed by atoms with Crippen LogP contribution in [0.2, 0.25) is 0 Å². The predicted molar refractivity (Wildman–Crippen MR) is 87.4 cm³/mol. The van der Waals surface area contributed by atoms with E-state index >= 15 is 0 Å². The highest BCUT2D eigenvalue weighted by atomic mass is 16.2. The summed E-state index contributed by atoms with van der Waals surface area (Å²) >= 11 is 0. The molecule has 122 valence electrons. The van der Waals surface area contributed by atoms with Crippen LogP contribution in [0.3, 0.4) is 0 Å². The molecule has 7 nitrogen and oxygen atoms in total. The standard InChI is InChI=1S/C15H25N5O2/c1-9(2)12-17-13-11(19(12)8-6-7-16)14(21)18(5)15(22)20(13)10(3)4/h9-10H,6-8,16H2,1-5H3. The van der Waals surface area contributed by atoms with Crippen LogP contribution in [0.4, 0.5) is 0 Å². The van der Waals surface area contributed by atoms with Crippen LogP contribution in [-0.2, 0) is 13.6 Å². The van der Waals surface area contributed by atoms with E-state index in [1.807, 2.05) is 32.3 Å². The maximum Gasteiger partial charge on any atom is 0.332 e. The lowest BCUT2D eigenvalue weighted by Gasteiger charge is -2.13. The summed E-state index contributed by atoms with van der Waals surface area (Å²) in [5.41, 5.74) is 5.96. The van der Waals surface area contributed by atoms with E-state index in [2.05, 4.69) is 4.98 Å². The second kappa shape index (κ2) is 6.08. The molecule has 0 aliphatic rings. The lowest BCUT2D eigenvalue weighted by Crippen LogP contribution is -2.39. The number of imidazole rings is 1. The van der Waals surface area contributed by atoms with Gasteiger partial charge in [0.2, 0.25) is 0 Å². The first kappa shape index (κ1) is 16.5. The van der Waals surface area contributed by atoms with E-state index in [0.29, 0.717) is 24.3 Å². The molecule has 2 heterocycles. The van der Waals surface area contributed by atoms with Crippen molar-refractivity contribution in [2.75, 3.05) is 6.54 Å². The van der Waals surface area contributed by atoms with Gasteiger partial charge in [-0.05, 0) is 26.8 Å². The van der Waals surface area contributed by atoms with Crippen molar-refractivity contribution < 1.29 is 0 Å². The van der Waals surface area contributed by atoms with Gasteiger partial charge in [-0.3, -0.25) is 13.9 Å². The van der Waals surface area contributed by atoms with Crippen molar-refractivity contribution in [2.24, 2.45) is 12.8 Å². The summed E-state index contributed by atoms with van der Waals surface area (Å²) < 4.78 is 4.67. The third-order valence-corrected chi connectivity index (χ3v) is 3.83. The van der Waals surface area contributed by atoms with Gasteiger partial charge in [0, 0.05) is 25.6 Å². The first-order valence-corrected chi connectivity index (χ1v) is 7.73. The Hall–Kier alpha value is -1.89. The molecule has 0 aliphatic carbocycles. The molecule has 0 atom stereocenters. The Balaban J connectivity index is 2.96. The summed E-state index contributed by atoms with van der Waals surface area (Å²) in [5.74, 6) is 0.978. The van der Waals surface area contributed by atoms with Gasteiger partial charge in [0.1, 0.15) is 5.82 Å². The Morgan fingerprint density at radius 1 is 1.18 bits per heavy atom. The number of hydrogen-bond donors (Lipinski definition) is 1. The Morgan fingerprint density at radius 3 is 2.32 bits per heavy atom. The molecule has 2 N–H and O–H groups in total. The minimum absolute atomic E-state index is 0.0697. The molecule has 22 heavy (non-hydrogen) atoms. The molecule has 0 unspecified atom stereocenters. The normalized spacial score (nSPS) is 12.0. The number of aryl methyl sites for hydroxylation is 1. The summed E-state index contributed by atoms with van der Waals surface area (Å²) in [6.07, 6.45) is 0.759. The smallest absolute Gasteiger partial charge is 0.330 e. The zero-order chi connectivity index (χ0) is 16.6. The van der Waals surface area contributed by atoms with E-state index in [9.17, 15) is 9.59 Å².